The van der Waals surface area contributed by atoms with Gasteiger partial charge >= 0.3 is 6.09 Å². The predicted octanol–water partition coefficient (Wildman–Crippen LogP) is 3.13. The fourth-order valence-electron chi connectivity index (χ4n) is 4.12. The van der Waals surface area contributed by atoms with Gasteiger partial charge in [-0.2, -0.15) is 0 Å². The van der Waals surface area contributed by atoms with Gasteiger partial charge in [0.2, 0.25) is 0 Å². The van der Waals surface area contributed by atoms with Gasteiger partial charge in [-0.05, 0) is 48.2 Å². The molecule has 1 aromatic carbocycles. The van der Waals surface area contributed by atoms with Crippen LogP contribution >= 0.6 is 0 Å². The molecule has 3 atom stereocenters. The van der Waals surface area contributed by atoms with Crippen molar-refractivity contribution in [1.29, 1.82) is 0 Å². The summed E-state index contributed by atoms with van der Waals surface area (Å²) < 4.78 is 30.3. The summed E-state index contributed by atoms with van der Waals surface area (Å²) in [5.74, 6) is 0.00857. The second-order valence-corrected chi connectivity index (χ2v) is 7.37. The number of nitrogens with zero attached hydrogens (tertiary/aromatic N) is 2. The number of ether oxygens (including phenoxy) is 2. The van der Waals surface area contributed by atoms with Crippen molar-refractivity contribution in [3.63, 3.8) is 0 Å². The standard InChI is InChI=1S/C20H20FN3O4/c21-18-9-15(3-4-17(18)12-7-13-1-2-14(8-12)22-13)24-10-16(28-20(24)25)11-26-19-5-6-27-23-19/h3-7,9,13-14,16,22H,1-2,8,10-11H2. The first-order chi connectivity index (χ1) is 13.7. The number of carbonyl (C=O) groups is 1. The first-order valence-corrected chi connectivity index (χ1v) is 9.44. The average Bonchev–Trinajstić information content (AvgIpc) is 3.41. The van der Waals surface area contributed by atoms with Gasteiger partial charge in [0.1, 0.15) is 18.7 Å². The van der Waals surface area contributed by atoms with E-state index in [0.29, 0.717) is 29.2 Å². The third-order valence-electron chi connectivity index (χ3n) is 5.46. The van der Waals surface area contributed by atoms with Crippen molar-refractivity contribution in [1.82, 2.24) is 10.5 Å². The van der Waals surface area contributed by atoms with E-state index >= 15 is 0 Å². The van der Waals surface area contributed by atoms with Gasteiger partial charge in [0.15, 0.2) is 6.10 Å². The number of benzene rings is 1. The molecule has 2 bridgehead atoms. The molecule has 8 heteroatoms. The van der Waals surface area contributed by atoms with Crippen molar-refractivity contribution in [2.75, 3.05) is 18.1 Å². The van der Waals surface area contributed by atoms with E-state index in [4.69, 9.17) is 9.47 Å². The van der Waals surface area contributed by atoms with E-state index in [1.54, 1.807) is 18.2 Å². The zero-order chi connectivity index (χ0) is 19.1. The molecule has 4 heterocycles. The number of rotatable bonds is 5. The Morgan fingerprint density at radius 2 is 2.25 bits per heavy atom. The molecule has 2 fully saturated rings. The maximum atomic E-state index is 14.8. The highest BCUT2D eigenvalue weighted by atomic mass is 19.1. The minimum atomic E-state index is -0.514. The average molecular weight is 385 g/mol. The fraction of sp³-hybridized carbons (Fsp3) is 0.400. The molecule has 1 aromatic heterocycles. The van der Waals surface area contributed by atoms with Gasteiger partial charge < -0.3 is 19.3 Å². The maximum Gasteiger partial charge on any atom is 0.414 e. The van der Waals surface area contributed by atoms with E-state index in [2.05, 4.69) is 21.1 Å². The van der Waals surface area contributed by atoms with Gasteiger partial charge in [-0.25, -0.2) is 9.18 Å². The number of cyclic esters (lactones) is 1. The van der Waals surface area contributed by atoms with Gasteiger partial charge in [-0.3, -0.25) is 4.90 Å². The molecule has 1 N–H and O–H groups in total. The molecule has 2 aromatic rings. The van der Waals surface area contributed by atoms with Crippen LogP contribution in [-0.4, -0.2) is 42.6 Å². The van der Waals surface area contributed by atoms with Crippen LogP contribution in [0.1, 0.15) is 24.8 Å². The number of nitrogens with one attached hydrogen (secondary N) is 1. The minimum absolute atomic E-state index is 0.151. The lowest BCUT2D eigenvalue weighted by Gasteiger charge is -2.22. The molecule has 7 nitrogen and oxygen atoms in total. The van der Waals surface area contributed by atoms with E-state index in [-0.39, 0.29) is 19.0 Å². The largest absolute Gasteiger partial charge is 0.471 e. The normalized spacial score (nSPS) is 26.3. The van der Waals surface area contributed by atoms with Gasteiger partial charge in [0.05, 0.1) is 12.2 Å². The van der Waals surface area contributed by atoms with Gasteiger partial charge in [0, 0.05) is 23.7 Å². The molecule has 0 saturated carbocycles. The summed E-state index contributed by atoms with van der Waals surface area (Å²) in [6, 6.07) is 7.28. The van der Waals surface area contributed by atoms with Crippen molar-refractivity contribution in [3.05, 3.63) is 48.0 Å². The van der Waals surface area contributed by atoms with Crippen molar-refractivity contribution < 1.29 is 23.2 Å². The number of hydrogen-bond acceptors (Lipinski definition) is 6. The Morgan fingerprint density at radius 3 is 3.04 bits per heavy atom. The minimum Gasteiger partial charge on any atom is -0.471 e. The molecular formula is C20H20FN3O4. The quantitative estimate of drug-likeness (QED) is 0.852. The van der Waals surface area contributed by atoms with E-state index in [0.717, 1.165) is 24.8 Å². The first-order valence-electron chi connectivity index (χ1n) is 9.44. The van der Waals surface area contributed by atoms with Crippen LogP contribution in [0.15, 0.2) is 41.1 Å². The molecule has 146 valence electrons. The number of carbonyl (C=O) groups excluding carboxylic acids is 1. The lowest BCUT2D eigenvalue weighted by atomic mass is 9.95. The number of fused-ring (bicyclic) bond motifs is 2. The topological polar surface area (TPSA) is 76.8 Å². The summed E-state index contributed by atoms with van der Waals surface area (Å²) in [5, 5.41) is 7.15. The van der Waals surface area contributed by atoms with Crippen LogP contribution in [-0.2, 0) is 4.74 Å². The van der Waals surface area contributed by atoms with Crippen LogP contribution in [0.3, 0.4) is 0 Å². The monoisotopic (exact) mass is 385 g/mol. The lowest BCUT2D eigenvalue weighted by Crippen LogP contribution is -2.32. The maximum absolute atomic E-state index is 14.8. The highest BCUT2D eigenvalue weighted by Gasteiger charge is 2.34. The summed E-state index contributed by atoms with van der Waals surface area (Å²) in [5.41, 5.74) is 2.13. The molecule has 3 aliphatic rings. The Balaban J connectivity index is 1.28. The number of amides is 1. The third-order valence-corrected chi connectivity index (χ3v) is 5.46. The molecule has 1 amide bonds. The Morgan fingerprint density at radius 1 is 1.32 bits per heavy atom. The summed E-state index contributed by atoms with van der Waals surface area (Å²) in [6.07, 6.45) is 5.61. The second-order valence-electron chi connectivity index (χ2n) is 7.37. The van der Waals surface area contributed by atoms with Gasteiger partial charge in [-0.15, -0.1) is 0 Å². The molecule has 2 saturated heterocycles. The number of hydrogen-bond donors (Lipinski definition) is 1. The van der Waals surface area contributed by atoms with E-state index < -0.39 is 12.2 Å². The van der Waals surface area contributed by atoms with Crippen LogP contribution in [0.25, 0.3) is 5.57 Å². The van der Waals surface area contributed by atoms with Gasteiger partial charge in [-0.1, -0.05) is 6.08 Å². The number of anilines is 1. The molecule has 0 aliphatic carbocycles. The molecule has 3 aliphatic heterocycles. The SMILES string of the molecule is O=C1OC(COc2ccon2)CN1c1ccc(C2=CC3CCC(C2)N3)c(F)c1. The van der Waals surface area contributed by atoms with Crippen LogP contribution < -0.4 is 15.0 Å². The first kappa shape index (κ1) is 17.2. The van der Waals surface area contributed by atoms with E-state index in [9.17, 15) is 9.18 Å². The van der Waals surface area contributed by atoms with Crippen LogP contribution in [0, 0.1) is 5.82 Å². The molecule has 5 rings (SSSR count). The summed E-state index contributed by atoms with van der Waals surface area (Å²) in [7, 11) is 0. The number of aromatic nitrogens is 1. The highest BCUT2D eigenvalue weighted by molar-refractivity contribution is 5.90. The second kappa shape index (κ2) is 6.94. The molecule has 28 heavy (non-hydrogen) atoms. The van der Waals surface area contributed by atoms with Crippen LogP contribution in [0.5, 0.6) is 5.88 Å². The lowest BCUT2D eigenvalue weighted by molar-refractivity contribution is 0.102. The van der Waals surface area contributed by atoms with E-state index in [1.807, 2.05) is 0 Å². The zero-order valence-electron chi connectivity index (χ0n) is 15.1. The molecule has 3 unspecified atom stereocenters. The molecular weight excluding hydrogens is 365 g/mol. The predicted molar refractivity (Wildman–Crippen MR) is 98.6 cm³/mol. The van der Waals surface area contributed by atoms with E-state index in [1.165, 1.54) is 17.2 Å². The Kier molecular flexibility index (Phi) is 4.27. The Labute approximate surface area is 161 Å². The fourth-order valence-corrected chi connectivity index (χ4v) is 4.12. The van der Waals surface area contributed by atoms with Crippen LogP contribution in [0.4, 0.5) is 14.9 Å². The summed E-state index contributed by atoms with van der Waals surface area (Å²) >= 11 is 0. The third kappa shape index (κ3) is 3.24. The zero-order valence-corrected chi connectivity index (χ0v) is 15.1. The van der Waals surface area contributed by atoms with Crippen LogP contribution in [0.2, 0.25) is 0 Å². The van der Waals surface area contributed by atoms with Crippen molar-refractivity contribution >= 4 is 17.4 Å². The highest BCUT2D eigenvalue weighted by Crippen LogP contribution is 2.34. The molecule has 0 radical (unpaired) electrons. The Bertz CT molecular complexity index is 914. The Hall–Kier alpha value is -2.87. The number of halogens is 1. The summed E-state index contributed by atoms with van der Waals surface area (Å²) in [6.45, 7) is 0.435. The van der Waals surface area contributed by atoms with Gasteiger partial charge in [0.25, 0.3) is 5.88 Å². The van der Waals surface area contributed by atoms with Crippen molar-refractivity contribution in [3.8, 4) is 5.88 Å². The summed E-state index contributed by atoms with van der Waals surface area (Å²) in [4.78, 5) is 13.6. The molecule has 0 spiro atoms. The van der Waals surface area contributed by atoms with Crippen molar-refractivity contribution in [2.24, 2.45) is 0 Å². The smallest absolute Gasteiger partial charge is 0.414 e. The van der Waals surface area contributed by atoms with Crippen molar-refractivity contribution in [2.45, 2.75) is 37.5 Å².